The number of amides is 1. The molecule has 1 aromatic rings. The van der Waals surface area contributed by atoms with E-state index in [2.05, 4.69) is 12.2 Å². The van der Waals surface area contributed by atoms with Crippen LogP contribution in [0.15, 0.2) is 12.1 Å². The third-order valence-corrected chi connectivity index (χ3v) is 3.94. The summed E-state index contributed by atoms with van der Waals surface area (Å²) in [6.07, 6.45) is 1.43. The molecule has 1 atom stereocenters. The monoisotopic (exact) mass is 271 g/mol. The van der Waals surface area contributed by atoms with E-state index in [4.69, 9.17) is 4.74 Å². The number of aryl methyl sites for hydroxylation is 1. The van der Waals surface area contributed by atoms with Crippen molar-refractivity contribution in [1.82, 2.24) is 5.32 Å². The second kappa shape index (κ2) is 6.87. The molecule has 1 amide bonds. The van der Waals surface area contributed by atoms with Gasteiger partial charge in [0.05, 0.1) is 10.5 Å². The van der Waals surface area contributed by atoms with Crippen molar-refractivity contribution in [1.29, 1.82) is 0 Å². The molecule has 2 N–H and O–H groups in total. The molecule has 4 nitrogen and oxygen atoms in total. The Morgan fingerprint density at radius 1 is 1.56 bits per heavy atom. The van der Waals surface area contributed by atoms with E-state index < -0.39 is 5.60 Å². The molecule has 0 radical (unpaired) electrons. The van der Waals surface area contributed by atoms with Crippen molar-refractivity contribution < 1.29 is 14.6 Å². The first-order chi connectivity index (χ1) is 8.48. The minimum Gasteiger partial charge on any atom is -0.388 e. The lowest BCUT2D eigenvalue weighted by Gasteiger charge is -2.22. The molecule has 18 heavy (non-hydrogen) atoms. The van der Waals surface area contributed by atoms with Gasteiger partial charge in [-0.05, 0) is 25.5 Å². The standard InChI is InChI=1S/C13H21NO3S/c1-4-10-5-6-11(18-10)12(15)14-9-13(2,16)7-8-17-3/h5-6,16H,4,7-9H2,1-3H3,(H,14,15). The van der Waals surface area contributed by atoms with Crippen LogP contribution >= 0.6 is 11.3 Å². The smallest absolute Gasteiger partial charge is 0.261 e. The summed E-state index contributed by atoms with van der Waals surface area (Å²) in [7, 11) is 1.59. The van der Waals surface area contributed by atoms with Gasteiger partial charge < -0.3 is 15.2 Å². The fourth-order valence-corrected chi connectivity index (χ4v) is 2.32. The zero-order valence-corrected chi connectivity index (χ0v) is 12.0. The Kier molecular flexibility index (Phi) is 5.78. The maximum absolute atomic E-state index is 11.9. The highest BCUT2D eigenvalue weighted by Gasteiger charge is 2.21. The highest BCUT2D eigenvalue weighted by atomic mass is 32.1. The van der Waals surface area contributed by atoms with Crippen LogP contribution in [-0.4, -0.2) is 36.9 Å². The van der Waals surface area contributed by atoms with Crippen molar-refractivity contribution in [3.8, 4) is 0 Å². The number of methoxy groups -OCH3 is 1. The van der Waals surface area contributed by atoms with E-state index in [1.54, 1.807) is 14.0 Å². The van der Waals surface area contributed by atoms with E-state index in [0.29, 0.717) is 17.9 Å². The maximum atomic E-state index is 11.9. The molecule has 1 unspecified atom stereocenters. The zero-order chi connectivity index (χ0) is 13.6. The van der Waals surface area contributed by atoms with Gasteiger partial charge in [-0.15, -0.1) is 11.3 Å². The molecule has 0 fully saturated rings. The molecule has 0 spiro atoms. The Bertz CT molecular complexity index is 387. The lowest BCUT2D eigenvalue weighted by molar-refractivity contribution is 0.0244. The quantitative estimate of drug-likeness (QED) is 0.795. The topological polar surface area (TPSA) is 58.6 Å². The lowest BCUT2D eigenvalue weighted by atomic mass is 10.0. The molecular weight excluding hydrogens is 250 g/mol. The Morgan fingerprint density at radius 3 is 2.83 bits per heavy atom. The Balaban J connectivity index is 2.45. The molecule has 0 saturated carbocycles. The molecular formula is C13H21NO3S. The molecule has 1 rings (SSSR count). The van der Waals surface area contributed by atoms with Gasteiger partial charge in [0, 0.05) is 31.6 Å². The van der Waals surface area contributed by atoms with Crippen molar-refractivity contribution in [2.45, 2.75) is 32.3 Å². The average Bonchev–Trinajstić information content (AvgIpc) is 2.82. The third-order valence-electron chi connectivity index (χ3n) is 2.71. The second-order valence-corrected chi connectivity index (χ2v) is 5.71. The number of hydrogen-bond acceptors (Lipinski definition) is 4. The summed E-state index contributed by atoms with van der Waals surface area (Å²) in [6, 6.07) is 3.78. The van der Waals surface area contributed by atoms with Crippen LogP contribution in [0.1, 0.15) is 34.8 Å². The second-order valence-electron chi connectivity index (χ2n) is 4.54. The van der Waals surface area contributed by atoms with Gasteiger partial charge in [-0.25, -0.2) is 0 Å². The van der Waals surface area contributed by atoms with Crippen molar-refractivity contribution in [3.63, 3.8) is 0 Å². The van der Waals surface area contributed by atoms with Crippen LogP contribution in [0.25, 0.3) is 0 Å². The van der Waals surface area contributed by atoms with Gasteiger partial charge in [-0.1, -0.05) is 6.92 Å². The first-order valence-corrected chi connectivity index (χ1v) is 6.88. The summed E-state index contributed by atoms with van der Waals surface area (Å²) in [4.78, 5) is 13.7. The SMILES string of the molecule is CCc1ccc(C(=O)NCC(C)(O)CCOC)s1. The molecule has 5 heteroatoms. The van der Waals surface area contributed by atoms with Crippen LogP contribution < -0.4 is 5.32 Å². The van der Waals surface area contributed by atoms with E-state index in [-0.39, 0.29) is 12.5 Å². The first-order valence-electron chi connectivity index (χ1n) is 6.06. The number of carbonyl (C=O) groups excluding carboxylic acids is 1. The van der Waals surface area contributed by atoms with E-state index in [9.17, 15) is 9.90 Å². The van der Waals surface area contributed by atoms with Crippen LogP contribution in [0.3, 0.4) is 0 Å². The van der Waals surface area contributed by atoms with Crippen LogP contribution in [0.5, 0.6) is 0 Å². The molecule has 0 saturated heterocycles. The predicted octanol–water partition coefficient (Wildman–Crippen LogP) is 1.83. The van der Waals surface area contributed by atoms with Crippen molar-refractivity contribution in [3.05, 3.63) is 21.9 Å². The largest absolute Gasteiger partial charge is 0.388 e. The third kappa shape index (κ3) is 4.76. The predicted molar refractivity (Wildman–Crippen MR) is 73.1 cm³/mol. The Labute approximate surface area is 112 Å². The summed E-state index contributed by atoms with van der Waals surface area (Å²) in [5.41, 5.74) is -0.934. The Hall–Kier alpha value is -0.910. The van der Waals surface area contributed by atoms with Crippen molar-refractivity contribution >= 4 is 17.2 Å². The maximum Gasteiger partial charge on any atom is 0.261 e. The van der Waals surface area contributed by atoms with E-state index in [1.165, 1.54) is 16.2 Å². The molecule has 1 aromatic heterocycles. The highest BCUT2D eigenvalue weighted by molar-refractivity contribution is 7.14. The summed E-state index contributed by atoms with van der Waals surface area (Å²) in [5.74, 6) is -0.127. The van der Waals surface area contributed by atoms with E-state index in [1.807, 2.05) is 12.1 Å². The molecule has 1 heterocycles. The van der Waals surface area contributed by atoms with Crippen LogP contribution in [0.4, 0.5) is 0 Å². The molecule has 0 aliphatic rings. The number of aliphatic hydroxyl groups is 1. The van der Waals surface area contributed by atoms with Crippen LogP contribution in [0.2, 0.25) is 0 Å². The lowest BCUT2D eigenvalue weighted by Crippen LogP contribution is -2.41. The summed E-state index contributed by atoms with van der Waals surface area (Å²) >= 11 is 1.49. The molecule has 102 valence electrons. The number of carbonyl (C=O) groups is 1. The minimum absolute atomic E-state index is 0.127. The Morgan fingerprint density at radius 2 is 2.28 bits per heavy atom. The van der Waals surface area contributed by atoms with Gasteiger partial charge in [0.2, 0.25) is 0 Å². The number of hydrogen-bond donors (Lipinski definition) is 2. The number of thiophene rings is 1. The fraction of sp³-hybridized carbons (Fsp3) is 0.615. The van der Waals surface area contributed by atoms with Gasteiger partial charge in [0.1, 0.15) is 0 Å². The number of rotatable bonds is 7. The van der Waals surface area contributed by atoms with E-state index >= 15 is 0 Å². The first kappa shape index (κ1) is 15.1. The molecule has 0 aliphatic carbocycles. The summed E-state index contributed by atoms with van der Waals surface area (Å²) in [6.45, 7) is 4.46. The summed E-state index contributed by atoms with van der Waals surface area (Å²) in [5, 5.41) is 12.8. The fourth-order valence-electron chi connectivity index (χ4n) is 1.46. The number of nitrogens with one attached hydrogen (secondary N) is 1. The minimum atomic E-state index is -0.934. The zero-order valence-electron chi connectivity index (χ0n) is 11.2. The molecule has 0 bridgehead atoms. The van der Waals surface area contributed by atoms with Gasteiger partial charge in [-0.3, -0.25) is 4.79 Å². The van der Waals surface area contributed by atoms with Crippen molar-refractivity contribution in [2.75, 3.05) is 20.3 Å². The van der Waals surface area contributed by atoms with Gasteiger partial charge >= 0.3 is 0 Å². The highest BCUT2D eigenvalue weighted by Crippen LogP contribution is 2.17. The average molecular weight is 271 g/mol. The molecule has 0 aliphatic heterocycles. The van der Waals surface area contributed by atoms with Crippen LogP contribution in [0, 0.1) is 0 Å². The van der Waals surface area contributed by atoms with Gasteiger partial charge in [-0.2, -0.15) is 0 Å². The summed E-state index contributed by atoms with van der Waals surface area (Å²) < 4.78 is 4.92. The normalized spacial score (nSPS) is 14.2. The van der Waals surface area contributed by atoms with Gasteiger partial charge in [0.15, 0.2) is 0 Å². The van der Waals surface area contributed by atoms with Crippen molar-refractivity contribution in [2.24, 2.45) is 0 Å². The molecule has 0 aromatic carbocycles. The van der Waals surface area contributed by atoms with Crippen LogP contribution in [-0.2, 0) is 11.2 Å². The number of ether oxygens (including phenoxy) is 1. The van der Waals surface area contributed by atoms with Gasteiger partial charge in [0.25, 0.3) is 5.91 Å². The van der Waals surface area contributed by atoms with E-state index in [0.717, 1.165) is 6.42 Å².